The summed E-state index contributed by atoms with van der Waals surface area (Å²) in [6, 6.07) is 17.8. The van der Waals surface area contributed by atoms with E-state index in [0.29, 0.717) is 24.0 Å². The van der Waals surface area contributed by atoms with E-state index in [1.54, 1.807) is 48.5 Å². The van der Waals surface area contributed by atoms with E-state index in [4.69, 9.17) is 19.2 Å². The van der Waals surface area contributed by atoms with Crippen molar-refractivity contribution >= 4 is 38.3 Å². The van der Waals surface area contributed by atoms with E-state index in [2.05, 4.69) is 19.2 Å². The maximum absolute atomic E-state index is 13.2. The minimum atomic E-state index is -3.52. The van der Waals surface area contributed by atoms with Crippen molar-refractivity contribution < 1.29 is 18.3 Å². The van der Waals surface area contributed by atoms with Crippen LogP contribution in [0.1, 0.15) is 20.3 Å². The molecule has 0 aliphatic rings. The summed E-state index contributed by atoms with van der Waals surface area (Å²) in [6.07, 6.45) is 0.835. The molecule has 9 heteroatoms. The molecule has 0 atom stereocenters. The highest BCUT2D eigenvalue weighted by molar-refractivity contribution is 7.54. The second kappa shape index (κ2) is 14.3. The van der Waals surface area contributed by atoms with E-state index >= 15 is 0 Å². The number of halogens is 2. The van der Waals surface area contributed by atoms with E-state index in [0.717, 1.165) is 6.42 Å². The number of para-hydroxylation sites is 2. The van der Waals surface area contributed by atoms with Crippen LogP contribution >= 0.6 is 32.4 Å². The van der Waals surface area contributed by atoms with Gasteiger partial charge in [-0.2, -0.15) is 0 Å². The normalized spacial score (nSPS) is 10.4. The molecule has 29 heavy (non-hydrogen) atoms. The zero-order chi connectivity index (χ0) is 19.5. The molecule has 2 aromatic carbocycles. The molecule has 0 saturated carbocycles. The minimum absolute atomic E-state index is 0. The van der Waals surface area contributed by atoms with Gasteiger partial charge in [-0.15, -0.1) is 24.8 Å². The Kier molecular flexibility index (Phi) is 13.4. The summed E-state index contributed by atoms with van der Waals surface area (Å²) in [6.45, 7) is 4.85. The summed E-state index contributed by atoms with van der Waals surface area (Å²) in [4.78, 5) is 0. The maximum atomic E-state index is 13.2. The van der Waals surface area contributed by atoms with Crippen LogP contribution in [0.5, 0.6) is 11.5 Å². The third-order valence-electron chi connectivity index (χ3n) is 3.54. The zero-order valence-electron chi connectivity index (χ0n) is 16.6. The molecule has 0 radical (unpaired) electrons. The molecule has 2 aromatic rings. The molecule has 0 heterocycles. The third kappa shape index (κ3) is 11.1. The fourth-order valence-electron chi connectivity index (χ4n) is 2.14. The fourth-order valence-corrected chi connectivity index (χ4v) is 3.58. The maximum Gasteiger partial charge on any atom is 0.444 e. The lowest BCUT2D eigenvalue weighted by atomic mass is 10.1. The lowest BCUT2D eigenvalue weighted by Crippen LogP contribution is -2.27. The second-order valence-electron chi connectivity index (χ2n) is 6.46. The Balaban J connectivity index is 0.00000392. The smallest absolute Gasteiger partial charge is 0.444 e. The lowest BCUT2D eigenvalue weighted by molar-refractivity contribution is 0.268. The molecule has 2 N–H and O–H groups in total. The van der Waals surface area contributed by atoms with Crippen molar-refractivity contribution in [3.8, 4) is 11.5 Å². The van der Waals surface area contributed by atoms with Gasteiger partial charge in [0, 0.05) is 0 Å². The summed E-state index contributed by atoms with van der Waals surface area (Å²) in [5, 5.41) is 10.8. The predicted octanol–water partition coefficient (Wildman–Crippen LogP) is 5.77. The first-order chi connectivity index (χ1) is 13.0. The molecule has 162 valence electrons. The number of ether oxygens (including phenoxy) is 1. The second-order valence-corrected chi connectivity index (χ2v) is 8.36. The highest BCUT2D eigenvalue weighted by atomic mass is 35.5. The number of benzene rings is 2. The van der Waals surface area contributed by atoms with E-state index in [1.807, 2.05) is 12.1 Å². The Morgan fingerprint density at radius 3 is 1.90 bits per heavy atom. The van der Waals surface area contributed by atoms with E-state index < -0.39 is 7.60 Å². The van der Waals surface area contributed by atoms with Gasteiger partial charge in [0.1, 0.15) is 17.8 Å². The van der Waals surface area contributed by atoms with Crippen LogP contribution in [0, 0.1) is 11.3 Å². The van der Waals surface area contributed by atoms with Crippen LogP contribution in [-0.2, 0) is 9.30 Å². The Hall–Kier alpha value is -1.72. The minimum Gasteiger partial charge on any atom is -0.480 e. The van der Waals surface area contributed by atoms with Crippen molar-refractivity contribution in [3.05, 3.63) is 60.7 Å². The zero-order valence-corrected chi connectivity index (χ0v) is 19.1. The largest absolute Gasteiger partial charge is 0.480 e. The molecule has 0 fully saturated rings. The molecule has 2 rings (SSSR count). The predicted molar refractivity (Wildman–Crippen MR) is 122 cm³/mol. The standard InChI is InChI=1S/C20H27N2O4P.2ClH/c1-17(2)13-14-24-20(21)15-22-16-27(23,25-18-9-5-3-6-10-18)26-19-11-7-4-8-12-19;;/h3-12,17,21-22H,13-16H2,1-2H3;2*1H. The van der Waals surface area contributed by atoms with Gasteiger partial charge in [0.15, 0.2) is 5.90 Å². The van der Waals surface area contributed by atoms with Crippen molar-refractivity contribution in [2.45, 2.75) is 20.3 Å². The van der Waals surface area contributed by atoms with Gasteiger partial charge in [-0.3, -0.25) is 10.7 Å². The van der Waals surface area contributed by atoms with Crippen molar-refractivity contribution in [2.24, 2.45) is 5.92 Å². The van der Waals surface area contributed by atoms with Crippen LogP contribution in [0.15, 0.2) is 60.7 Å². The van der Waals surface area contributed by atoms with Gasteiger partial charge in [0.25, 0.3) is 0 Å². The average Bonchev–Trinajstić information content (AvgIpc) is 2.63. The van der Waals surface area contributed by atoms with E-state index in [1.165, 1.54) is 0 Å². The van der Waals surface area contributed by atoms with Crippen molar-refractivity contribution in [1.82, 2.24) is 5.32 Å². The first-order valence-electron chi connectivity index (χ1n) is 8.96. The van der Waals surface area contributed by atoms with Crippen LogP contribution in [0.3, 0.4) is 0 Å². The Morgan fingerprint density at radius 1 is 0.966 bits per heavy atom. The summed E-state index contributed by atoms with van der Waals surface area (Å²) in [5.74, 6) is 1.54. The summed E-state index contributed by atoms with van der Waals surface area (Å²) in [5.41, 5.74) is 0. The molecule has 0 bridgehead atoms. The van der Waals surface area contributed by atoms with Gasteiger partial charge in [0.2, 0.25) is 0 Å². The molecule has 0 saturated heterocycles. The Labute approximate surface area is 185 Å². The highest BCUT2D eigenvalue weighted by Gasteiger charge is 2.28. The molecular formula is C20H29Cl2N2O4P. The Morgan fingerprint density at radius 2 is 1.45 bits per heavy atom. The van der Waals surface area contributed by atoms with Crippen LogP contribution in [0.2, 0.25) is 0 Å². The van der Waals surface area contributed by atoms with E-state index in [-0.39, 0.29) is 43.5 Å². The first kappa shape index (κ1) is 27.3. The number of hydrogen-bond acceptors (Lipinski definition) is 6. The van der Waals surface area contributed by atoms with E-state index in [9.17, 15) is 4.57 Å². The molecule has 0 aromatic heterocycles. The molecular weight excluding hydrogens is 434 g/mol. The van der Waals surface area contributed by atoms with Gasteiger partial charge < -0.3 is 13.8 Å². The molecule has 0 spiro atoms. The average molecular weight is 463 g/mol. The van der Waals surface area contributed by atoms with Crippen molar-refractivity contribution in [1.29, 1.82) is 5.41 Å². The molecule has 0 aliphatic heterocycles. The summed E-state index contributed by atoms with van der Waals surface area (Å²) < 4.78 is 29.9. The first-order valence-corrected chi connectivity index (χ1v) is 10.7. The van der Waals surface area contributed by atoms with Gasteiger partial charge in [-0.25, -0.2) is 4.57 Å². The fraction of sp³-hybridized carbons (Fsp3) is 0.350. The van der Waals surface area contributed by atoms with Gasteiger partial charge in [-0.05, 0) is 36.6 Å². The topological polar surface area (TPSA) is 80.6 Å². The molecule has 6 nitrogen and oxygen atoms in total. The SMILES string of the molecule is CC(C)CCOC(=N)CNCP(=O)(Oc1ccccc1)Oc1ccccc1.Cl.Cl. The van der Waals surface area contributed by atoms with Gasteiger partial charge >= 0.3 is 7.60 Å². The lowest BCUT2D eigenvalue weighted by Gasteiger charge is -2.20. The monoisotopic (exact) mass is 462 g/mol. The Bertz CT molecular complexity index is 703. The number of nitrogens with one attached hydrogen (secondary N) is 2. The number of hydrogen-bond donors (Lipinski definition) is 2. The van der Waals surface area contributed by atoms with Crippen LogP contribution < -0.4 is 14.4 Å². The van der Waals surface area contributed by atoms with Crippen molar-refractivity contribution in [2.75, 3.05) is 19.4 Å². The molecule has 0 unspecified atom stereocenters. The molecule has 0 amide bonds. The van der Waals surface area contributed by atoms with Gasteiger partial charge in [0.05, 0.1) is 13.2 Å². The number of rotatable bonds is 11. The van der Waals surface area contributed by atoms with Crippen LogP contribution in [0.4, 0.5) is 0 Å². The summed E-state index contributed by atoms with van der Waals surface area (Å²) in [7, 11) is -3.52. The molecule has 0 aliphatic carbocycles. The van der Waals surface area contributed by atoms with Gasteiger partial charge in [-0.1, -0.05) is 50.2 Å². The van der Waals surface area contributed by atoms with Crippen LogP contribution in [0.25, 0.3) is 0 Å². The van der Waals surface area contributed by atoms with Crippen LogP contribution in [-0.4, -0.2) is 25.3 Å². The quantitative estimate of drug-likeness (QED) is 0.251. The summed E-state index contributed by atoms with van der Waals surface area (Å²) >= 11 is 0. The highest BCUT2D eigenvalue weighted by Crippen LogP contribution is 2.47. The third-order valence-corrected chi connectivity index (χ3v) is 5.13. The van der Waals surface area contributed by atoms with Crippen molar-refractivity contribution in [3.63, 3.8) is 0 Å².